The minimum Gasteiger partial charge on any atom is -0.467 e. The van der Waals surface area contributed by atoms with Gasteiger partial charge in [0.25, 0.3) is 0 Å². The highest BCUT2D eigenvalue weighted by molar-refractivity contribution is 8.00. The molecule has 0 aliphatic carbocycles. The molecule has 0 fully saturated rings. The van der Waals surface area contributed by atoms with Crippen LogP contribution in [0, 0.1) is 13.8 Å². The van der Waals surface area contributed by atoms with Gasteiger partial charge in [-0.05, 0) is 44.5 Å². The van der Waals surface area contributed by atoms with E-state index in [9.17, 15) is 4.79 Å². The summed E-state index contributed by atoms with van der Waals surface area (Å²) in [7, 11) is 0. The molecule has 1 amide bonds. The zero-order valence-electron chi connectivity index (χ0n) is 12.0. The maximum Gasteiger partial charge on any atom is 0.230 e. The number of hydrogen-bond acceptors (Lipinski definition) is 3. The van der Waals surface area contributed by atoms with E-state index < -0.39 is 0 Å². The Labute approximate surface area is 123 Å². The molecule has 1 aromatic carbocycles. The van der Waals surface area contributed by atoms with Crippen molar-refractivity contribution >= 4 is 17.7 Å². The standard InChI is InChI=1S/C16H19NO2S/c1-11-6-7-15(12(2)9-11)20-10-16(18)17-13(3)14-5-4-8-19-14/h4-9,13H,10H2,1-3H3,(H,17,18)/t13-/m0/s1. The highest BCUT2D eigenvalue weighted by Gasteiger charge is 2.12. The molecule has 1 aromatic heterocycles. The topological polar surface area (TPSA) is 42.2 Å². The number of furan rings is 1. The summed E-state index contributed by atoms with van der Waals surface area (Å²) >= 11 is 1.56. The van der Waals surface area contributed by atoms with Gasteiger partial charge >= 0.3 is 0 Å². The van der Waals surface area contributed by atoms with E-state index >= 15 is 0 Å². The molecule has 0 aliphatic rings. The van der Waals surface area contributed by atoms with Crippen molar-refractivity contribution in [2.24, 2.45) is 0 Å². The van der Waals surface area contributed by atoms with Gasteiger partial charge in [0.2, 0.25) is 5.91 Å². The van der Waals surface area contributed by atoms with Crippen LogP contribution in [0.25, 0.3) is 0 Å². The molecule has 3 nitrogen and oxygen atoms in total. The summed E-state index contributed by atoms with van der Waals surface area (Å²) in [6.07, 6.45) is 1.61. The van der Waals surface area contributed by atoms with Gasteiger partial charge in [-0.2, -0.15) is 0 Å². The van der Waals surface area contributed by atoms with Gasteiger partial charge in [-0.15, -0.1) is 11.8 Å². The van der Waals surface area contributed by atoms with Gasteiger partial charge in [0.1, 0.15) is 5.76 Å². The zero-order chi connectivity index (χ0) is 14.5. The number of hydrogen-bond donors (Lipinski definition) is 1. The third-order valence-corrected chi connectivity index (χ3v) is 4.21. The minimum atomic E-state index is -0.0998. The van der Waals surface area contributed by atoms with Gasteiger partial charge in [-0.1, -0.05) is 17.7 Å². The third kappa shape index (κ3) is 3.90. The zero-order valence-corrected chi connectivity index (χ0v) is 12.8. The quantitative estimate of drug-likeness (QED) is 0.850. The fraction of sp³-hybridized carbons (Fsp3) is 0.312. The Balaban J connectivity index is 1.86. The predicted molar refractivity (Wildman–Crippen MR) is 81.9 cm³/mol. The Kier molecular flexibility index (Phi) is 4.90. The lowest BCUT2D eigenvalue weighted by molar-refractivity contribution is -0.119. The third-order valence-electron chi connectivity index (χ3n) is 3.04. The van der Waals surface area contributed by atoms with Crippen LogP contribution in [0.4, 0.5) is 0 Å². The van der Waals surface area contributed by atoms with Crippen LogP contribution in [-0.4, -0.2) is 11.7 Å². The van der Waals surface area contributed by atoms with Gasteiger partial charge in [-0.25, -0.2) is 0 Å². The molecule has 20 heavy (non-hydrogen) atoms. The van der Waals surface area contributed by atoms with Crippen molar-refractivity contribution in [1.82, 2.24) is 5.32 Å². The first kappa shape index (κ1) is 14.7. The lowest BCUT2D eigenvalue weighted by Gasteiger charge is -2.12. The molecule has 0 spiro atoms. The molecule has 1 atom stereocenters. The lowest BCUT2D eigenvalue weighted by atomic mass is 10.2. The maximum absolute atomic E-state index is 11.9. The first-order chi connectivity index (χ1) is 9.56. The van der Waals surface area contributed by atoms with Crippen LogP contribution in [0.2, 0.25) is 0 Å². The summed E-state index contributed by atoms with van der Waals surface area (Å²) < 4.78 is 5.27. The van der Waals surface area contributed by atoms with Crippen LogP contribution in [0.1, 0.15) is 29.9 Å². The number of benzene rings is 1. The Morgan fingerprint density at radius 3 is 2.80 bits per heavy atom. The molecular formula is C16H19NO2S. The maximum atomic E-state index is 11.9. The van der Waals surface area contributed by atoms with Gasteiger partial charge in [0.05, 0.1) is 18.1 Å². The molecule has 0 aliphatic heterocycles. The first-order valence-electron chi connectivity index (χ1n) is 6.59. The number of nitrogens with one attached hydrogen (secondary N) is 1. The number of rotatable bonds is 5. The van der Waals surface area contributed by atoms with Crippen LogP contribution in [0.3, 0.4) is 0 Å². The van der Waals surface area contributed by atoms with Gasteiger partial charge in [0.15, 0.2) is 0 Å². The number of thioether (sulfide) groups is 1. The highest BCUT2D eigenvalue weighted by atomic mass is 32.2. The summed E-state index contributed by atoms with van der Waals surface area (Å²) in [6.45, 7) is 6.05. The molecule has 0 unspecified atom stereocenters. The van der Waals surface area contributed by atoms with Crippen molar-refractivity contribution < 1.29 is 9.21 Å². The van der Waals surface area contributed by atoms with E-state index in [4.69, 9.17) is 4.42 Å². The van der Waals surface area contributed by atoms with Crippen LogP contribution < -0.4 is 5.32 Å². The average Bonchev–Trinajstić information content (AvgIpc) is 2.91. The molecule has 2 rings (SSSR count). The summed E-state index contributed by atoms with van der Waals surface area (Å²) in [5.41, 5.74) is 2.45. The summed E-state index contributed by atoms with van der Waals surface area (Å²) in [4.78, 5) is 13.1. The summed E-state index contributed by atoms with van der Waals surface area (Å²) in [5.74, 6) is 1.20. The molecular weight excluding hydrogens is 270 g/mol. The van der Waals surface area contributed by atoms with E-state index in [0.717, 1.165) is 10.7 Å². The van der Waals surface area contributed by atoms with E-state index in [-0.39, 0.29) is 11.9 Å². The first-order valence-corrected chi connectivity index (χ1v) is 7.57. The van der Waals surface area contributed by atoms with E-state index in [1.807, 2.05) is 19.1 Å². The van der Waals surface area contributed by atoms with Gasteiger partial charge in [0, 0.05) is 4.90 Å². The molecule has 1 N–H and O–H groups in total. The minimum absolute atomic E-state index is 0.0128. The Hall–Kier alpha value is -1.68. The molecule has 0 saturated carbocycles. The number of carbonyl (C=O) groups excluding carboxylic acids is 1. The van der Waals surface area contributed by atoms with Crippen LogP contribution in [-0.2, 0) is 4.79 Å². The summed E-state index contributed by atoms with van der Waals surface area (Å²) in [6, 6.07) is 9.85. The second-order valence-corrected chi connectivity index (χ2v) is 5.88. The second-order valence-electron chi connectivity index (χ2n) is 4.86. The highest BCUT2D eigenvalue weighted by Crippen LogP contribution is 2.23. The molecule has 106 valence electrons. The van der Waals surface area contributed by atoms with E-state index in [2.05, 4.69) is 37.4 Å². The van der Waals surface area contributed by atoms with Crippen molar-refractivity contribution in [2.75, 3.05) is 5.75 Å². The van der Waals surface area contributed by atoms with Crippen LogP contribution >= 0.6 is 11.8 Å². The van der Waals surface area contributed by atoms with E-state index in [1.54, 1.807) is 18.0 Å². The second kappa shape index (κ2) is 6.66. The fourth-order valence-corrected chi connectivity index (χ4v) is 2.82. The normalized spacial score (nSPS) is 12.2. The molecule has 0 radical (unpaired) electrons. The fourth-order valence-electron chi connectivity index (χ4n) is 2.00. The molecule has 4 heteroatoms. The molecule has 0 saturated heterocycles. The van der Waals surface area contributed by atoms with E-state index in [0.29, 0.717) is 5.75 Å². The Morgan fingerprint density at radius 1 is 1.35 bits per heavy atom. The van der Waals surface area contributed by atoms with Gasteiger partial charge in [-0.3, -0.25) is 4.79 Å². The van der Waals surface area contributed by atoms with Crippen molar-refractivity contribution in [3.63, 3.8) is 0 Å². The Bertz CT molecular complexity index is 578. The van der Waals surface area contributed by atoms with E-state index in [1.165, 1.54) is 11.1 Å². The Morgan fingerprint density at radius 2 is 2.15 bits per heavy atom. The SMILES string of the molecule is Cc1ccc(SCC(=O)N[C@@H](C)c2ccco2)c(C)c1. The molecule has 0 bridgehead atoms. The average molecular weight is 289 g/mol. The molecule has 2 aromatic rings. The lowest BCUT2D eigenvalue weighted by Crippen LogP contribution is -2.27. The largest absolute Gasteiger partial charge is 0.467 e. The van der Waals surface area contributed by atoms with Crippen molar-refractivity contribution in [2.45, 2.75) is 31.7 Å². The van der Waals surface area contributed by atoms with Crippen molar-refractivity contribution in [3.05, 3.63) is 53.5 Å². The predicted octanol–water partition coefficient (Wildman–Crippen LogP) is 3.87. The van der Waals surface area contributed by atoms with Crippen LogP contribution in [0.15, 0.2) is 45.9 Å². The van der Waals surface area contributed by atoms with Crippen LogP contribution in [0.5, 0.6) is 0 Å². The van der Waals surface area contributed by atoms with Crippen molar-refractivity contribution in [1.29, 1.82) is 0 Å². The molecule has 1 heterocycles. The number of carbonyl (C=O) groups is 1. The monoisotopic (exact) mass is 289 g/mol. The number of aryl methyl sites for hydroxylation is 2. The summed E-state index contributed by atoms with van der Waals surface area (Å²) in [5, 5.41) is 2.93. The van der Waals surface area contributed by atoms with Crippen molar-refractivity contribution in [3.8, 4) is 0 Å². The van der Waals surface area contributed by atoms with Gasteiger partial charge < -0.3 is 9.73 Å². The smallest absolute Gasteiger partial charge is 0.230 e. The number of amides is 1.